The fourth-order valence-corrected chi connectivity index (χ4v) is 1.70. The molecule has 0 saturated carbocycles. The number of hydrogen-bond donors (Lipinski definition) is 1. The van der Waals surface area contributed by atoms with Gasteiger partial charge in [-0.1, -0.05) is 35.3 Å². The van der Waals surface area contributed by atoms with Crippen LogP contribution < -0.4 is 5.43 Å². The Labute approximate surface area is 109 Å². The van der Waals surface area contributed by atoms with Gasteiger partial charge in [0.1, 0.15) is 0 Å². The van der Waals surface area contributed by atoms with Crippen LogP contribution in [0.4, 0.5) is 5.69 Å². The van der Waals surface area contributed by atoms with Crippen LogP contribution in [0.1, 0.15) is 5.69 Å². The van der Waals surface area contributed by atoms with Crippen molar-refractivity contribution in [1.29, 1.82) is 0 Å². The second-order valence-corrected chi connectivity index (χ2v) is 4.04. The van der Waals surface area contributed by atoms with Crippen molar-refractivity contribution in [2.75, 3.05) is 5.43 Å². The van der Waals surface area contributed by atoms with Crippen LogP contribution in [-0.2, 0) is 0 Å². The van der Waals surface area contributed by atoms with E-state index in [1.807, 2.05) is 18.2 Å². The third kappa shape index (κ3) is 3.19. The minimum atomic E-state index is 0.524. The molecule has 0 unspecified atom stereocenters. The van der Waals surface area contributed by atoms with E-state index >= 15 is 0 Å². The summed E-state index contributed by atoms with van der Waals surface area (Å²) in [5.41, 5.74) is 4.13. The second kappa shape index (κ2) is 5.66. The van der Waals surface area contributed by atoms with Crippen molar-refractivity contribution in [1.82, 2.24) is 4.98 Å². The van der Waals surface area contributed by atoms with Crippen LogP contribution in [0, 0.1) is 0 Å². The predicted molar refractivity (Wildman–Crippen MR) is 71.9 cm³/mol. The van der Waals surface area contributed by atoms with Gasteiger partial charge in [0.25, 0.3) is 0 Å². The lowest BCUT2D eigenvalue weighted by Crippen LogP contribution is -1.93. The highest BCUT2D eigenvalue weighted by Crippen LogP contribution is 2.29. The summed E-state index contributed by atoms with van der Waals surface area (Å²) in [5, 5.41) is 5.07. The molecule has 1 N–H and O–H groups in total. The Morgan fingerprint density at radius 1 is 1.06 bits per heavy atom. The van der Waals surface area contributed by atoms with Gasteiger partial charge in [-0.05, 0) is 24.3 Å². The summed E-state index contributed by atoms with van der Waals surface area (Å²) >= 11 is 11.9. The van der Waals surface area contributed by atoms with Gasteiger partial charge in [-0.3, -0.25) is 10.4 Å². The van der Waals surface area contributed by atoms with Crippen molar-refractivity contribution in [3.05, 3.63) is 58.3 Å². The third-order valence-corrected chi connectivity index (χ3v) is 2.65. The highest BCUT2D eigenvalue weighted by Gasteiger charge is 2.02. The van der Waals surface area contributed by atoms with Crippen molar-refractivity contribution in [3.63, 3.8) is 0 Å². The van der Waals surface area contributed by atoms with Gasteiger partial charge in [0.05, 0.1) is 27.6 Å². The van der Waals surface area contributed by atoms with Gasteiger partial charge in [-0.2, -0.15) is 5.10 Å². The number of pyridine rings is 1. The number of benzene rings is 1. The summed E-state index contributed by atoms with van der Waals surface area (Å²) in [7, 11) is 0. The second-order valence-electron chi connectivity index (χ2n) is 3.22. The number of anilines is 1. The van der Waals surface area contributed by atoms with E-state index in [-0.39, 0.29) is 0 Å². The van der Waals surface area contributed by atoms with Gasteiger partial charge in [0.2, 0.25) is 0 Å². The first kappa shape index (κ1) is 11.9. The Kier molecular flexibility index (Phi) is 3.96. The number of halogens is 2. The van der Waals surface area contributed by atoms with Crippen LogP contribution in [0.25, 0.3) is 0 Å². The van der Waals surface area contributed by atoms with E-state index in [9.17, 15) is 0 Å². The average Bonchev–Trinajstić information content (AvgIpc) is 2.34. The molecule has 0 spiro atoms. The lowest BCUT2D eigenvalue weighted by atomic mass is 10.3. The minimum Gasteiger partial charge on any atom is -0.275 e. The summed E-state index contributed by atoms with van der Waals surface area (Å²) < 4.78 is 0. The van der Waals surface area contributed by atoms with E-state index in [1.54, 1.807) is 30.6 Å². The number of nitrogens with one attached hydrogen (secondary N) is 1. The zero-order valence-electron chi connectivity index (χ0n) is 8.77. The molecular weight excluding hydrogens is 257 g/mol. The van der Waals surface area contributed by atoms with Crippen molar-refractivity contribution in [3.8, 4) is 0 Å². The summed E-state index contributed by atoms with van der Waals surface area (Å²) in [6.07, 6.45) is 3.30. The average molecular weight is 266 g/mol. The largest absolute Gasteiger partial charge is 0.275 e. The molecule has 0 atom stereocenters. The maximum atomic E-state index is 5.97. The topological polar surface area (TPSA) is 37.3 Å². The molecule has 0 saturated heterocycles. The molecule has 0 fully saturated rings. The first-order valence-corrected chi connectivity index (χ1v) is 5.67. The van der Waals surface area contributed by atoms with Crippen LogP contribution in [0.3, 0.4) is 0 Å². The van der Waals surface area contributed by atoms with E-state index in [0.29, 0.717) is 15.7 Å². The van der Waals surface area contributed by atoms with Crippen LogP contribution in [0.2, 0.25) is 10.0 Å². The lowest BCUT2D eigenvalue weighted by Gasteiger charge is -2.04. The smallest absolute Gasteiger partial charge is 0.0934 e. The molecule has 3 nitrogen and oxygen atoms in total. The molecule has 17 heavy (non-hydrogen) atoms. The Morgan fingerprint density at radius 2 is 1.82 bits per heavy atom. The van der Waals surface area contributed by atoms with Crippen molar-refractivity contribution < 1.29 is 0 Å². The highest BCUT2D eigenvalue weighted by atomic mass is 35.5. The monoisotopic (exact) mass is 265 g/mol. The fourth-order valence-electron chi connectivity index (χ4n) is 1.22. The maximum absolute atomic E-state index is 5.97. The molecular formula is C12H9Cl2N3. The molecule has 1 aromatic carbocycles. The van der Waals surface area contributed by atoms with Gasteiger partial charge >= 0.3 is 0 Å². The predicted octanol–water partition coefficient (Wildman–Crippen LogP) is 3.83. The van der Waals surface area contributed by atoms with E-state index < -0.39 is 0 Å². The van der Waals surface area contributed by atoms with Crippen LogP contribution >= 0.6 is 23.2 Å². The quantitative estimate of drug-likeness (QED) is 0.677. The van der Waals surface area contributed by atoms with Crippen LogP contribution in [-0.4, -0.2) is 11.2 Å². The van der Waals surface area contributed by atoms with Crippen LogP contribution in [0.5, 0.6) is 0 Å². The first-order chi connectivity index (χ1) is 8.27. The Balaban J connectivity index is 2.10. The number of aromatic nitrogens is 1. The third-order valence-electron chi connectivity index (χ3n) is 2.02. The summed E-state index contributed by atoms with van der Waals surface area (Å²) in [6, 6.07) is 10.8. The number of para-hydroxylation sites is 1. The molecule has 86 valence electrons. The number of hydrazone groups is 1. The molecule has 0 aliphatic heterocycles. The zero-order valence-corrected chi connectivity index (χ0v) is 10.3. The van der Waals surface area contributed by atoms with Gasteiger partial charge in [-0.25, -0.2) is 0 Å². The van der Waals surface area contributed by atoms with E-state index in [1.165, 1.54) is 0 Å². The Hall–Kier alpha value is -1.58. The highest BCUT2D eigenvalue weighted by molar-refractivity contribution is 6.39. The van der Waals surface area contributed by atoms with Gasteiger partial charge in [-0.15, -0.1) is 0 Å². The lowest BCUT2D eigenvalue weighted by molar-refractivity contribution is 1.28. The molecule has 0 radical (unpaired) electrons. The SMILES string of the molecule is Clc1cccc(Cl)c1N/N=C\c1ccccn1. The maximum Gasteiger partial charge on any atom is 0.0934 e. The molecule has 0 aliphatic carbocycles. The van der Waals surface area contributed by atoms with E-state index in [0.717, 1.165) is 5.69 Å². The van der Waals surface area contributed by atoms with E-state index in [4.69, 9.17) is 23.2 Å². The molecule has 0 bridgehead atoms. The van der Waals surface area contributed by atoms with Crippen LogP contribution in [0.15, 0.2) is 47.7 Å². The molecule has 2 rings (SSSR count). The first-order valence-electron chi connectivity index (χ1n) is 4.91. The van der Waals surface area contributed by atoms with Crippen molar-refractivity contribution in [2.24, 2.45) is 5.10 Å². The standard InChI is InChI=1S/C12H9Cl2N3/c13-10-5-3-6-11(14)12(10)17-16-8-9-4-1-2-7-15-9/h1-8,17H/b16-8-. The van der Waals surface area contributed by atoms with Crippen molar-refractivity contribution >= 4 is 35.1 Å². The fraction of sp³-hybridized carbons (Fsp3) is 0. The van der Waals surface area contributed by atoms with Gasteiger partial charge in [0.15, 0.2) is 0 Å². The molecule has 0 amide bonds. The van der Waals surface area contributed by atoms with E-state index in [2.05, 4.69) is 15.5 Å². The molecule has 1 heterocycles. The Bertz CT molecular complexity index is 506. The molecule has 2 aromatic rings. The summed E-state index contributed by atoms with van der Waals surface area (Å²) in [5.74, 6) is 0. The molecule has 1 aromatic heterocycles. The summed E-state index contributed by atoms with van der Waals surface area (Å²) in [4.78, 5) is 4.10. The van der Waals surface area contributed by atoms with Crippen molar-refractivity contribution in [2.45, 2.75) is 0 Å². The Morgan fingerprint density at radius 3 is 2.47 bits per heavy atom. The van der Waals surface area contributed by atoms with Gasteiger partial charge in [0, 0.05) is 6.20 Å². The minimum absolute atomic E-state index is 0.524. The van der Waals surface area contributed by atoms with Gasteiger partial charge < -0.3 is 0 Å². The number of nitrogens with zero attached hydrogens (tertiary/aromatic N) is 2. The zero-order chi connectivity index (χ0) is 12.1. The normalized spacial score (nSPS) is 10.7. The molecule has 5 heteroatoms. The number of hydrogen-bond acceptors (Lipinski definition) is 3. The molecule has 0 aliphatic rings. The number of rotatable bonds is 3. The summed E-state index contributed by atoms with van der Waals surface area (Å²) in [6.45, 7) is 0.